The zero-order chi connectivity index (χ0) is 26.3. The minimum Gasteiger partial charge on any atom is -0.497 e. The molecule has 186 valence electrons. The molecule has 0 bridgehead atoms. The molecule has 0 heterocycles. The summed E-state index contributed by atoms with van der Waals surface area (Å²) in [7, 11) is -7.96. The average Bonchev–Trinajstić information content (AvgIpc) is 2.82. The van der Waals surface area contributed by atoms with E-state index in [1.165, 1.54) is 38.3 Å². The Morgan fingerprint density at radius 2 is 1.36 bits per heavy atom. The topological polar surface area (TPSA) is 144 Å². The first-order chi connectivity index (χ1) is 16.9. The Labute approximate surface area is 207 Å². The molecule has 0 amide bonds. The number of aryl methyl sites for hydroxylation is 1. The lowest BCUT2D eigenvalue weighted by Crippen LogP contribution is -2.08. The molecule has 0 saturated carbocycles. The van der Waals surface area contributed by atoms with Crippen LogP contribution in [0, 0.1) is 6.92 Å². The maximum atomic E-state index is 13.0. The molecule has 0 atom stereocenters. The number of benzene rings is 4. The van der Waals surface area contributed by atoms with Crippen LogP contribution in [-0.2, 0) is 20.2 Å². The number of carbonyl (C=O) groups is 1. The molecule has 0 aromatic heterocycles. The molecule has 11 heteroatoms. The highest BCUT2D eigenvalue weighted by atomic mass is 32.2. The standard InChI is InChI=1S/C25H20O9S2/c1-15-7-8-17(12-23(15)35(27,28)29)25(26)18-9-10-21(24(13-18)36(30,31)32)34-22-14-19(33-2)11-16-5-3-4-6-20(16)22/h3-14H,1-2H3,(H,27,28,29)(H,30,31,32). The normalized spacial score (nSPS) is 11.9. The average molecular weight is 529 g/mol. The molecule has 0 fully saturated rings. The van der Waals surface area contributed by atoms with Gasteiger partial charge in [-0.25, -0.2) is 0 Å². The number of ether oxygens (including phenoxy) is 2. The zero-order valence-electron chi connectivity index (χ0n) is 19.0. The minimum absolute atomic E-state index is 0.109. The Hall–Kier alpha value is -3.77. The van der Waals surface area contributed by atoms with Crippen LogP contribution >= 0.6 is 0 Å². The van der Waals surface area contributed by atoms with Crippen molar-refractivity contribution in [2.75, 3.05) is 7.11 Å². The Morgan fingerprint density at radius 3 is 2.00 bits per heavy atom. The Bertz CT molecular complexity index is 1720. The van der Waals surface area contributed by atoms with Gasteiger partial charge in [-0.2, -0.15) is 16.8 Å². The Balaban J connectivity index is 1.81. The van der Waals surface area contributed by atoms with E-state index in [2.05, 4.69) is 0 Å². The number of carbonyl (C=O) groups excluding carboxylic acids is 1. The minimum atomic E-state index is -4.84. The molecule has 0 unspecified atom stereocenters. The molecule has 0 aliphatic carbocycles. The summed E-state index contributed by atoms with van der Waals surface area (Å²) in [6, 6.07) is 17.6. The smallest absolute Gasteiger partial charge is 0.298 e. The fraction of sp³-hybridized carbons (Fsp3) is 0.0800. The third-order valence-corrected chi connectivity index (χ3v) is 7.34. The van der Waals surface area contributed by atoms with Crippen LogP contribution in [0.25, 0.3) is 10.8 Å². The summed E-state index contributed by atoms with van der Waals surface area (Å²) >= 11 is 0. The molecule has 4 rings (SSSR count). The van der Waals surface area contributed by atoms with Crippen LogP contribution in [0.1, 0.15) is 21.5 Å². The first-order valence-corrected chi connectivity index (χ1v) is 13.3. The van der Waals surface area contributed by atoms with Crippen LogP contribution < -0.4 is 9.47 Å². The van der Waals surface area contributed by atoms with E-state index < -0.39 is 35.8 Å². The highest BCUT2D eigenvalue weighted by molar-refractivity contribution is 7.86. The lowest BCUT2D eigenvalue weighted by Gasteiger charge is -2.14. The van der Waals surface area contributed by atoms with Crippen molar-refractivity contribution < 1.29 is 40.2 Å². The van der Waals surface area contributed by atoms with Crippen molar-refractivity contribution in [2.45, 2.75) is 16.7 Å². The summed E-state index contributed by atoms with van der Waals surface area (Å²) in [6.45, 7) is 1.45. The second-order valence-electron chi connectivity index (χ2n) is 7.87. The number of methoxy groups -OCH3 is 1. The van der Waals surface area contributed by atoms with E-state index in [-0.39, 0.29) is 28.2 Å². The van der Waals surface area contributed by atoms with E-state index in [0.717, 1.165) is 17.5 Å². The molecule has 0 aliphatic heterocycles. The largest absolute Gasteiger partial charge is 0.497 e. The number of ketones is 1. The zero-order valence-corrected chi connectivity index (χ0v) is 20.6. The van der Waals surface area contributed by atoms with Crippen LogP contribution in [0.15, 0.2) is 82.6 Å². The highest BCUT2D eigenvalue weighted by Gasteiger charge is 2.23. The molecule has 4 aromatic rings. The summed E-state index contributed by atoms with van der Waals surface area (Å²) in [6.07, 6.45) is 0. The third kappa shape index (κ3) is 5.09. The molecule has 2 N–H and O–H groups in total. The quantitative estimate of drug-likeness (QED) is 0.258. The van der Waals surface area contributed by atoms with E-state index in [1.807, 2.05) is 12.1 Å². The number of fused-ring (bicyclic) bond motifs is 1. The van der Waals surface area contributed by atoms with Crippen LogP contribution in [0.2, 0.25) is 0 Å². The van der Waals surface area contributed by atoms with E-state index in [0.29, 0.717) is 11.1 Å². The van der Waals surface area contributed by atoms with Crippen LogP contribution in [-0.4, -0.2) is 38.8 Å². The van der Waals surface area contributed by atoms with E-state index >= 15 is 0 Å². The molecule has 0 spiro atoms. The lowest BCUT2D eigenvalue weighted by atomic mass is 10.0. The fourth-order valence-corrected chi connectivity index (χ4v) is 5.08. The van der Waals surface area contributed by atoms with Gasteiger partial charge in [0.05, 0.1) is 12.0 Å². The second-order valence-corrected chi connectivity index (χ2v) is 10.6. The molecule has 36 heavy (non-hydrogen) atoms. The van der Waals surface area contributed by atoms with Gasteiger partial charge < -0.3 is 9.47 Å². The van der Waals surface area contributed by atoms with Gasteiger partial charge in [-0.15, -0.1) is 0 Å². The van der Waals surface area contributed by atoms with Crippen molar-refractivity contribution in [3.63, 3.8) is 0 Å². The van der Waals surface area contributed by atoms with E-state index in [9.17, 15) is 30.7 Å². The van der Waals surface area contributed by atoms with Gasteiger partial charge in [0.2, 0.25) is 0 Å². The van der Waals surface area contributed by atoms with Gasteiger partial charge in [0.1, 0.15) is 22.1 Å². The Morgan fingerprint density at radius 1 is 0.750 bits per heavy atom. The SMILES string of the molecule is COc1cc(Oc2ccc(C(=O)c3ccc(C)c(S(=O)(=O)O)c3)cc2S(=O)(=O)O)c2ccccc2c1. The summed E-state index contributed by atoms with van der Waals surface area (Å²) < 4.78 is 78.1. The van der Waals surface area contributed by atoms with Crippen molar-refractivity contribution in [3.8, 4) is 17.2 Å². The van der Waals surface area contributed by atoms with Gasteiger partial charge in [0.15, 0.2) is 5.78 Å². The van der Waals surface area contributed by atoms with Gasteiger partial charge in [0, 0.05) is 22.6 Å². The van der Waals surface area contributed by atoms with Crippen LogP contribution in [0.4, 0.5) is 0 Å². The van der Waals surface area contributed by atoms with Crippen molar-refractivity contribution in [1.29, 1.82) is 0 Å². The first-order valence-electron chi connectivity index (χ1n) is 10.4. The van der Waals surface area contributed by atoms with Crippen molar-refractivity contribution in [2.24, 2.45) is 0 Å². The maximum Gasteiger partial charge on any atom is 0.298 e. The third-order valence-electron chi connectivity index (χ3n) is 5.47. The van der Waals surface area contributed by atoms with Gasteiger partial charge >= 0.3 is 0 Å². The molecular weight excluding hydrogens is 508 g/mol. The van der Waals surface area contributed by atoms with Gasteiger partial charge in [-0.3, -0.25) is 13.9 Å². The Kier molecular flexibility index (Phi) is 6.58. The van der Waals surface area contributed by atoms with Gasteiger partial charge in [0.25, 0.3) is 20.2 Å². The molecule has 4 aromatic carbocycles. The molecule has 9 nitrogen and oxygen atoms in total. The monoisotopic (exact) mass is 528 g/mol. The predicted octanol–water partition coefficient (Wildman–Crippen LogP) is 4.67. The number of hydrogen-bond donors (Lipinski definition) is 2. The fourth-order valence-electron chi connectivity index (χ4n) is 3.69. The molecule has 0 radical (unpaired) electrons. The predicted molar refractivity (Wildman–Crippen MR) is 131 cm³/mol. The molecule has 0 saturated heterocycles. The summed E-state index contributed by atoms with van der Waals surface area (Å²) in [5, 5.41) is 1.42. The molecular formula is C25H20O9S2. The number of rotatable bonds is 7. The first kappa shape index (κ1) is 25.3. The highest BCUT2D eigenvalue weighted by Crippen LogP contribution is 2.37. The second kappa shape index (κ2) is 9.36. The maximum absolute atomic E-state index is 13.0. The summed E-state index contributed by atoms with van der Waals surface area (Å²) in [5.74, 6) is -0.263. The van der Waals surface area contributed by atoms with Gasteiger partial charge in [-0.1, -0.05) is 36.4 Å². The number of hydrogen-bond acceptors (Lipinski definition) is 7. The van der Waals surface area contributed by atoms with E-state index in [4.69, 9.17) is 9.47 Å². The van der Waals surface area contributed by atoms with Crippen molar-refractivity contribution in [1.82, 2.24) is 0 Å². The lowest BCUT2D eigenvalue weighted by molar-refractivity contribution is 0.103. The van der Waals surface area contributed by atoms with Crippen molar-refractivity contribution in [3.05, 3.63) is 89.5 Å². The van der Waals surface area contributed by atoms with E-state index in [1.54, 1.807) is 24.3 Å². The van der Waals surface area contributed by atoms with Crippen LogP contribution in [0.5, 0.6) is 17.2 Å². The van der Waals surface area contributed by atoms with Gasteiger partial charge in [-0.05, 0) is 48.2 Å². The summed E-state index contributed by atoms with van der Waals surface area (Å²) in [5.41, 5.74) is -0.0421. The summed E-state index contributed by atoms with van der Waals surface area (Å²) in [4.78, 5) is 11.9. The van der Waals surface area contributed by atoms with Crippen LogP contribution in [0.3, 0.4) is 0 Å². The van der Waals surface area contributed by atoms with Crippen molar-refractivity contribution >= 4 is 36.8 Å². The molecule has 0 aliphatic rings.